The number of ether oxygens (including phenoxy) is 1. The highest BCUT2D eigenvalue weighted by atomic mass is 19.4. The lowest BCUT2D eigenvalue weighted by molar-refractivity contribution is -0.141. The molecular formula is C18H13F3N2O2. The van der Waals surface area contributed by atoms with E-state index in [1.54, 1.807) is 48.5 Å². The number of benzene rings is 2. The standard InChI is InChI=1S/C18H13F3N2O2/c1-25-15-8-6-14(7-9-15)23-16(10-17(22-23)18(19,20)21)13-4-2-12(11-24)3-5-13/h2-11H,1H3. The molecule has 3 aromatic rings. The normalized spacial score (nSPS) is 11.4. The van der Waals surface area contributed by atoms with Crippen molar-refractivity contribution in [3.05, 3.63) is 65.9 Å². The average molecular weight is 346 g/mol. The number of aromatic nitrogens is 2. The van der Waals surface area contributed by atoms with Crippen molar-refractivity contribution in [3.8, 4) is 22.7 Å². The van der Waals surface area contributed by atoms with E-state index < -0.39 is 11.9 Å². The van der Waals surface area contributed by atoms with Crippen molar-refractivity contribution < 1.29 is 22.7 Å². The van der Waals surface area contributed by atoms with E-state index in [0.29, 0.717) is 28.8 Å². The van der Waals surface area contributed by atoms with Crippen molar-refractivity contribution in [2.45, 2.75) is 6.18 Å². The van der Waals surface area contributed by atoms with Crippen LogP contribution in [0.15, 0.2) is 54.6 Å². The summed E-state index contributed by atoms with van der Waals surface area (Å²) in [7, 11) is 1.50. The maximum atomic E-state index is 13.1. The second-order valence-electron chi connectivity index (χ2n) is 5.26. The van der Waals surface area contributed by atoms with Crippen LogP contribution >= 0.6 is 0 Å². The first-order valence-electron chi connectivity index (χ1n) is 7.29. The first-order chi connectivity index (χ1) is 11.9. The second kappa shape index (κ2) is 6.43. The van der Waals surface area contributed by atoms with Gasteiger partial charge in [-0.15, -0.1) is 0 Å². The van der Waals surface area contributed by atoms with Gasteiger partial charge in [0.15, 0.2) is 5.69 Å². The van der Waals surface area contributed by atoms with Crippen LogP contribution in [0.1, 0.15) is 16.1 Å². The molecule has 0 fully saturated rings. The molecule has 7 heteroatoms. The topological polar surface area (TPSA) is 44.1 Å². The number of halogens is 3. The van der Waals surface area contributed by atoms with Crippen molar-refractivity contribution in [1.82, 2.24) is 9.78 Å². The molecule has 3 rings (SSSR count). The Bertz CT molecular complexity index is 882. The largest absolute Gasteiger partial charge is 0.497 e. The maximum Gasteiger partial charge on any atom is 0.435 e. The number of alkyl halides is 3. The number of carbonyl (C=O) groups excluding carboxylic acids is 1. The summed E-state index contributed by atoms with van der Waals surface area (Å²) in [5, 5.41) is 3.71. The Labute approximate surface area is 141 Å². The van der Waals surface area contributed by atoms with Crippen molar-refractivity contribution in [2.75, 3.05) is 7.11 Å². The molecule has 0 amide bonds. The summed E-state index contributed by atoms with van der Waals surface area (Å²) in [4.78, 5) is 10.8. The number of nitrogens with zero attached hydrogens (tertiary/aromatic N) is 2. The van der Waals surface area contributed by atoms with Gasteiger partial charge in [0.1, 0.15) is 12.0 Å². The predicted octanol–water partition coefficient (Wildman–Crippen LogP) is 4.38. The number of aldehydes is 1. The molecule has 0 radical (unpaired) electrons. The molecule has 1 aromatic heterocycles. The number of hydrogen-bond acceptors (Lipinski definition) is 3. The van der Waals surface area contributed by atoms with E-state index >= 15 is 0 Å². The molecule has 0 N–H and O–H groups in total. The first-order valence-corrected chi connectivity index (χ1v) is 7.29. The summed E-state index contributed by atoms with van der Waals surface area (Å²) < 4.78 is 45.6. The van der Waals surface area contributed by atoms with Gasteiger partial charge in [0.2, 0.25) is 0 Å². The number of hydrogen-bond donors (Lipinski definition) is 0. The Morgan fingerprint density at radius 3 is 2.20 bits per heavy atom. The van der Waals surface area contributed by atoms with Crippen LogP contribution in [0.3, 0.4) is 0 Å². The van der Waals surface area contributed by atoms with Gasteiger partial charge in [-0.25, -0.2) is 4.68 Å². The smallest absolute Gasteiger partial charge is 0.435 e. The Morgan fingerprint density at radius 1 is 1.04 bits per heavy atom. The third kappa shape index (κ3) is 3.40. The highest BCUT2D eigenvalue weighted by molar-refractivity contribution is 5.76. The molecule has 0 aliphatic heterocycles. The van der Waals surface area contributed by atoms with Gasteiger partial charge in [0.05, 0.1) is 18.5 Å². The SMILES string of the molecule is COc1ccc(-n2nc(C(F)(F)F)cc2-c2ccc(C=O)cc2)cc1. The Balaban J connectivity index is 2.14. The molecular weight excluding hydrogens is 333 g/mol. The zero-order valence-electron chi connectivity index (χ0n) is 13.1. The third-order valence-corrected chi connectivity index (χ3v) is 3.66. The molecule has 128 valence electrons. The molecule has 25 heavy (non-hydrogen) atoms. The summed E-state index contributed by atoms with van der Waals surface area (Å²) in [5.74, 6) is 0.587. The molecule has 0 saturated heterocycles. The molecule has 0 atom stereocenters. The van der Waals surface area contributed by atoms with Gasteiger partial charge in [0, 0.05) is 11.1 Å². The predicted molar refractivity (Wildman–Crippen MR) is 85.9 cm³/mol. The third-order valence-electron chi connectivity index (χ3n) is 3.66. The van der Waals surface area contributed by atoms with E-state index in [1.165, 1.54) is 11.8 Å². The molecule has 1 heterocycles. The fourth-order valence-electron chi connectivity index (χ4n) is 2.38. The van der Waals surface area contributed by atoms with Crippen LogP contribution in [0.25, 0.3) is 16.9 Å². The Kier molecular flexibility index (Phi) is 4.31. The monoisotopic (exact) mass is 346 g/mol. The van der Waals surface area contributed by atoms with Crippen LogP contribution in [0.2, 0.25) is 0 Å². The molecule has 0 aliphatic carbocycles. The Hall–Kier alpha value is -3.09. The van der Waals surface area contributed by atoms with Crippen LogP contribution < -0.4 is 4.74 Å². The van der Waals surface area contributed by atoms with Crippen LogP contribution in [-0.2, 0) is 6.18 Å². The lowest BCUT2D eigenvalue weighted by Crippen LogP contribution is -2.07. The van der Waals surface area contributed by atoms with Gasteiger partial charge in [-0.1, -0.05) is 24.3 Å². The van der Waals surface area contributed by atoms with Crippen molar-refractivity contribution >= 4 is 6.29 Å². The minimum atomic E-state index is -4.56. The van der Waals surface area contributed by atoms with Gasteiger partial charge in [-0.05, 0) is 30.3 Å². The highest BCUT2D eigenvalue weighted by Crippen LogP contribution is 2.33. The molecule has 0 bridgehead atoms. The maximum absolute atomic E-state index is 13.1. The van der Waals surface area contributed by atoms with Crippen molar-refractivity contribution in [3.63, 3.8) is 0 Å². The van der Waals surface area contributed by atoms with E-state index in [0.717, 1.165) is 6.07 Å². The number of methoxy groups -OCH3 is 1. The van der Waals surface area contributed by atoms with Gasteiger partial charge < -0.3 is 4.74 Å². The fraction of sp³-hybridized carbons (Fsp3) is 0.111. The van der Waals surface area contributed by atoms with Crippen LogP contribution in [0.4, 0.5) is 13.2 Å². The quantitative estimate of drug-likeness (QED) is 0.659. The van der Waals surface area contributed by atoms with Gasteiger partial charge in [0.25, 0.3) is 0 Å². The van der Waals surface area contributed by atoms with Gasteiger partial charge in [-0.2, -0.15) is 18.3 Å². The first kappa shape index (κ1) is 16.8. The summed E-state index contributed by atoms with van der Waals surface area (Å²) in [6.45, 7) is 0. The molecule has 0 spiro atoms. The summed E-state index contributed by atoms with van der Waals surface area (Å²) >= 11 is 0. The zero-order chi connectivity index (χ0) is 18.0. The molecule has 0 unspecified atom stereocenters. The van der Waals surface area contributed by atoms with Crippen molar-refractivity contribution in [2.24, 2.45) is 0 Å². The van der Waals surface area contributed by atoms with Crippen LogP contribution in [0, 0.1) is 0 Å². The average Bonchev–Trinajstić information content (AvgIpc) is 3.07. The summed E-state index contributed by atoms with van der Waals surface area (Å²) in [5.41, 5.74) is 0.707. The minimum absolute atomic E-state index is 0.273. The molecule has 0 saturated carbocycles. The second-order valence-corrected chi connectivity index (χ2v) is 5.26. The summed E-state index contributed by atoms with van der Waals surface area (Å²) in [6, 6.07) is 13.8. The van der Waals surface area contributed by atoms with E-state index in [4.69, 9.17) is 4.74 Å². The molecule has 0 aliphatic rings. The zero-order valence-corrected chi connectivity index (χ0v) is 13.1. The van der Waals surface area contributed by atoms with E-state index in [9.17, 15) is 18.0 Å². The van der Waals surface area contributed by atoms with Crippen molar-refractivity contribution in [1.29, 1.82) is 0 Å². The van der Waals surface area contributed by atoms with Gasteiger partial charge in [-0.3, -0.25) is 4.79 Å². The fourth-order valence-corrected chi connectivity index (χ4v) is 2.38. The van der Waals surface area contributed by atoms with E-state index in [-0.39, 0.29) is 5.69 Å². The minimum Gasteiger partial charge on any atom is -0.497 e. The lowest BCUT2D eigenvalue weighted by atomic mass is 10.1. The van der Waals surface area contributed by atoms with E-state index in [2.05, 4.69) is 5.10 Å². The number of rotatable bonds is 4. The highest BCUT2D eigenvalue weighted by Gasteiger charge is 2.35. The molecule has 2 aromatic carbocycles. The summed E-state index contributed by atoms with van der Waals surface area (Å²) in [6.07, 6.45) is -3.89. The lowest BCUT2D eigenvalue weighted by Gasteiger charge is -2.09. The molecule has 4 nitrogen and oxygen atoms in total. The van der Waals surface area contributed by atoms with Crippen LogP contribution in [-0.4, -0.2) is 23.2 Å². The number of carbonyl (C=O) groups is 1. The van der Waals surface area contributed by atoms with E-state index in [1.807, 2.05) is 0 Å². The van der Waals surface area contributed by atoms with Crippen LogP contribution in [0.5, 0.6) is 5.75 Å². The Morgan fingerprint density at radius 2 is 1.68 bits per heavy atom. The van der Waals surface area contributed by atoms with Gasteiger partial charge >= 0.3 is 6.18 Å².